The van der Waals surface area contributed by atoms with E-state index in [-0.39, 0.29) is 5.69 Å². The Kier molecular flexibility index (Phi) is 3.65. The molecular formula is C17H19N5O. The highest BCUT2D eigenvalue weighted by molar-refractivity contribution is 5.70. The molecule has 1 fully saturated rings. The number of H-pyrrole nitrogens is 1. The number of fused-ring (bicyclic) bond motifs is 1. The van der Waals surface area contributed by atoms with E-state index >= 15 is 0 Å². The van der Waals surface area contributed by atoms with Gasteiger partial charge in [0.15, 0.2) is 11.3 Å². The molecule has 0 aromatic carbocycles. The predicted molar refractivity (Wildman–Crippen MR) is 88.0 cm³/mol. The van der Waals surface area contributed by atoms with Gasteiger partial charge in [-0.15, -0.1) is 0 Å². The molecule has 6 heteroatoms. The zero-order valence-electron chi connectivity index (χ0n) is 12.9. The first-order valence-corrected chi connectivity index (χ1v) is 8.17. The number of hydrogen-bond donors (Lipinski definition) is 1. The van der Waals surface area contributed by atoms with Crippen molar-refractivity contribution in [3.63, 3.8) is 0 Å². The van der Waals surface area contributed by atoms with Crippen molar-refractivity contribution < 1.29 is 0 Å². The molecule has 0 radical (unpaired) electrons. The number of nitrogens with zero attached hydrogens (tertiary/aromatic N) is 4. The summed E-state index contributed by atoms with van der Waals surface area (Å²) >= 11 is 0. The standard InChI is InChI=1S/C17H19N5O/c23-17-21-15-16(22(17)11-12-5-2-1-3-6-12)20-14(10-19-15)13-7-4-8-18-9-13/h4,7-10,12H,1-3,5-6,11H2,(H,19,21,23). The second-order valence-corrected chi connectivity index (χ2v) is 6.21. The van der Waals surface area contributed by atoms with Crippen LogP contribution in [0, 0.1) is 5.92 Å². The smallest absolute Gasteiger partial charge is 0.289 e. The predicted octanol–water partition coefficient (Wildman–Crippen LogP) is 2.76. The van der Waals surface area contributed by atoms with Gasteiger partial charge in [-0.05, 0) is 30.9 Å². The zero-order chi connectivity index (χ0) is 15.6. The van der Waals surface area contributed by atoms with Gasteiger partial charge in [0, 0.05) is 24.5 Å². The Balaban J connectivity index is 1.74. The first-order chi connectivity index (χ1) is 11.3. The number of aromatic nitrogens is 5. The normalized spacial score (nSPS) is 16.0. The van der Waals surface area contributed by atoms with Crippen molar-refractivity contribution >= 4 is 11.3 Å². The minimum Gasteiger partial charge on any atom is -0.289 e. The third-order valence-corrected chi connectivity index (χ3v) is 4.60. The third-order valence-electron chi connectivity index (χ3n) is 4.60. The van der Waals surface area contributed by atoms with Crippen LogP contribution in [0.15, 0.2) is 35.5 Å². The number of rotatable bonds is 3. The Morgan fingerprint density at radius 3 is 2.87 bits per heavy atom. The van der Waals surface area contributed by atoms with E-state index in [1.807, 2.05) is 12.1 Å². The van der Waals surface area contributed by atoms with Crippen molar-refractivity contribution in [1.82, 2.24) is 24.5 Å². The Labute approximate surface area is 133 Å². The zero-order valence-corrected chi connectivity index (χ0v) is 12.9. The molecule has 0 saturated heterocycles. The summed E-state index contributed by atoms with van der Waals surface area (Å²) in [6.45, 7) is 0.726. The third kappa shape index (κ3) is 2.76. The van der Waals surface area contributed by atoms with Crippen molar-refractivity contribution in [3.8, 4) is 11.3 Å². The van der Waals surface area contributed by atoms with E-state index in [0.717, 1.165) is 17.8 Å². The molecule has 23 heavy (non-hydrogen) atoms. The highest BCUT2D eigenvalue weighted by Crippen LogP contribution is 2.25. The van der Waals surface area contributed by atoms with Gasteiger partial charge in [-0.25, -0.2) is 14.8 Å². The van der Waals surface area contributed by atoms with E-state index in [1.54, 1.807) is 23.2 Å². The molecule has 1 N–H and O–H groups in total. The molecule has 0 atom stereocenters. The van der Waals surface area contributed by atoms with Gasteiger partial charge in [0.1, 0.15) is 0 Å². The van der Waals surface area contributed by atoms with Crippen molar-refractivity contribution in [2.24, 2.45) is 5.92 Å². The van der Waals surface area contributed by atoms with E-state index < -0.39 is 0 Å². The molecule has 3 aromatic rings. The average molecular weight is 309 g/mol. The van der Waals surface area contributed by atoms with Crippen LogP contribution in [0.25, 0.3) is 22.6 Å². The molecule has 0 unspecified atom stereocenters. The number of hydrogen-bond acceptors (Lipinski definition) is 4. The van der Waals surface area contributed by atoms with Crippen LogP contribution in [-0.4, -0.2) is 24.5 Å². The molecule has 6 nitrogen and oxygen atoms in total. The van der Waals surface area contributed by atoms with Crippen LogP contribution in [0.3, 0.4) is 0 Å². The van der Waals surface area contributed by atoms with Gasteiger partial charge in [0.05, 0.1) is 11.9 Å². The van der Waals surface area contributed by atoms with Crippen LogP contribution in [0.4, 0.5) is 0 Å². The molecule has 3 heterocycles. The lowest BCUT2D eigenvalue weighted by Crippen LogP contribution is -2.23. The van der Waals surface area contributed by atoms with E-state index in [9.17, 15) is 4.79 Å². The van der Waals surface area contributed by atoms with Crippen LogP contribution in [0.2, 0.25) is 0 Å². The Morgan fingerprint density at radius 2 is 2.09 bits per heavy atom. The number of aromatic amines is 1. The molecule has 0 amide bonds. The minimum absolute atomic E-state index is 0.117. The summed E-state index contributed by atoms with van der Waals surface area (Å²) < 4.78 is 1.75. The quantitative estimate of drug-likeness (QED) is 0.807. The van der Waals surface area contributed by atoms with E-state index in [1.165, 1.54) is 32.1 Å². The summed E-state index contributed by atoms with van der Waals surface area (Å²) in [6.07, 6.45) is 11.4. The van der Waals surface area contributed by atoms with Gasteiger partial charge in [-0.1, -0.05) is 19.3 Å². The van der Waals surface area contributed by atoms with Crippen molar-refractivity contribution in [3.05, 3.63) is 41.2 Å². The maximum Gasteiger partial charge on any atom is 0.328 e. The molecular weight excluding hydrogens is 290 g/mol. The van der Waals surface area contributed by atoms with E-state index in [0.29, 0.717) is 17.2 Å². The van der Waals surface area contributed by atoms with Gasteiger partial charge in [0.2, 0.25) is 0 Å². The van der Waals surface area contributed by atoms with Crippen molar-refractivity contribution in [1.29, 1.82) is 0 Å². The summed E-state index contributed by atoms with van der Waals surface area (Å²) in [5.41, 5.74) is 2.72. The molecule has 118 valence electrons. The SMILES string of the molecule is O=c1[nH]c2ncc(-c3cccnc3)nc2n1CC1CCCCC1. The number of nitrogens with one attached hydrogen (secondary N) is 1. The summed E-state index contributed by atoms with van der Waals surface area (Å²) in [4.78, 5) is 28.2. The second kappa shape index (κ2) is 5.95. The van der Waals surface area contributed by atoms with Gasteiger partial charge >= 0.3 is 5.69 Å². The summed E-state index contributed by atoms with van der Waals surface area (Å²) in [7, 11) is 0. The Bertz CT molecular complexity index is 862. The van der Waals surface area contributed by atoms with E-state index in [2.05, 4.69) is 19.9 Å². The molecule has 4 rings (SSSR count). The van der Waals surface area contributed by atoms with Crippen LogP contribution in [0.1, 0.15) is 32.1 Å². The van der Waals surface area contributed by atoms with Gasteiger partial charge < -0.3 is 0 Å². The number of pyridine rings is 1. The number of imidazole rings is 1. The van der Waals surface area contributed by atoms with E-state index in [4.69, 9.17) is 0 Å². The van der Waals surface area contributed by atoms with Crippen LogP contribution >= 0.6 is 0 Å². The molecule has 1 aliphatic carbocycles. The average Bonchev–Trinajstić information content (AvgIpc) is 2.92. The molecule has 0 bridgehead atoms. The summed E-state index contributed by atoms with van der Waals surface area (Å²) in [6, 6.07) is 3.81. The van der Waals surface area contributed by atoms with Crippen LogP contribution < -0.4 is 5.69 Å². The molecule has 1 aliphatic rings. The highest BCUT2D eigenvalue weighted by Gasteiger charge is 2.18. The Morgan fingerprint density at radius 1 is 1.22 bits per heavy atom. The monoisotopic (exact) mass is 309 g/mol. The topological polar surface area (TPSA) is 76.5 Å². The lowest BCUT2D eigenvalue weighted by molar-refractivity contribution is 0.319. The first-order valence-electron chi connectivity index (χ1n) is 8.17. The van der Waals surface area contributed by atoms with Gasteiger partial charge in [0.25, 0.3) is 0 Å². The second-order valence-electron chi connectivity index (χ2n) is 6.21. The van der Waals surface area contributed by atoms with Crippen molar-refractivity contribution in [2.75, 3.05) is 0 Å². The van der Waals surface area contributed by atoms with Gasteiger partial charge in [-0.3, -0.25) is 14.5 Å². The fourth-order valence-corrected chi connectivity index (χ4v) is 3.37. The molecule has 3 aromatic heterocycles. The molecule has 0 spiro atoms. The van der Waals surface area contributed by atoms with Gasteiger partial charge in [-0.2, -0.15) is 0 Å². The largest absolute Gasteiger partial charge is 0.328 e. The maximum atomic E-state index is 12.3. The first kappa shape index (κ1) is 14.1. The van der Waals surface area contributed by atoms with Crippen molar-refractivity contribution in [2.45, 2.75) is 38.6 Å². The van der Waals surface area contributed by atoms with Crippen LogP contribution in [0.5, 0.6) is 0 Å². The summed E-state index contributed by atoms with van der Waals surface area (Å²) in [5, 5.41) is 0. The maximum absolute atomic E-state index is 12.3. The molecule has 0 aliphatic heterocycles. The fraction of sp³-hybridized carbons (Fsp3) is 0.412. The Hall–Kier alpha value is -2.50. The lowest BCUT2D eigenvalue weighted by atomic mass is 9.89. The minimum atomic E-state index is -0.117. The van der Waals surface area contributed by atoms with Crippen LogP contribution in [-0.2, 0) is 6.54 Å². The highest BCUT2D eigenvalue weighted by atomic mass is 16.1. The summed E-state index contributed by atoms with van der Waals surface area (Å²) in [5.74, 6) is 0.560. The fourth-order valence-electron chi connectivity index (χ4n) is 3.37. The molecule has 1 saturated carbocycles. The lowest BCUT2D eigenvalue weighted by Gasteiger charge is -2.21.